The van der Waals surface area contributed by atoms with Crippen LogP contribution < -0.4 is 0 Å². The van der Waals surface area contributed by atoms with Gasteiger partial charge < -0.3 is 0 Å². The number of carbonyl (C=O) groups excluding carboxylic acids is 2. The van der Waals surface area contributed by atoms with Crippen molar-refractivity contribution in [2.45, 2.75) is 188 Å². The number of hydrogen-bond acceptors (Lipinski definition) is 5. The summed E-state index contributed by atoms with van der Waals surface area (Å²) >= 11 is -7.67. The molecule has 0 bridgehead atoms. The first-order valence-electron chi connectivity index (χ1n) is 17.0. The Kier molecular flexibility index (Phi) is 26.5. The molecule has 0 unspecified atom stereocenters. The van der Waals surface area contributed by atoms with Crippen molar-refractivity contribution in [2.24, 2.45) is 0 Å². The number of rotatable bonds is 28. The fourth-order valence-electron chi connectivity index (χ4n) is 5.09. The maximum absolute atomic E-state index is 13.2. The predicted molar refractivity (Wildman–Crippen MR) is 170 cm³/mol. The summed E-state index contributed by atoms with van der Waals surface area (Å²) in [7, 11) is 0. The van der Waals surface area contributed by atoms with Crippen LogP contribution in [0.4, 0.5) is 0 Å². The van der Waals surface area contributed by atoms with Crippen LogP contribution in [-0.4, -0.2) is 50.3 Å². The van der Waals surface area contributed by atoms with Gasteiger partial charge in [0.15, 0.2) is 0 Å². The minimum atomic E-state index is -3.84. The monoisotopic (exact) mass is 770 g/mol. The summed E-state index contributed by atoms with van der Waals surface area (Å²) in [5, 5.41) is 0. The number of hydrogen-bond donors (Lipinski definition) is 0. The molecule has 0 fully saturated rings. The summed E-state index contributed by atoms with van der Waals surface area (Å²) in [6.07, 6.45) is 20.5. The van der Waals surface area contributed by atoms with Crippen molar-refractivity contribution < 1.29 is 17.1 Å². The van der Waals surface area contributed by atoms with Crippen molar-refractivity contribution in [1.29, 1.82) is 0 Å². The van der Waals surface area contributed by atoms with E-state index in [0.29, 0.717) is 12.8 Å². The van der Waals surface area contributed by atoms with Gasteiger partial charge in [-0.05, 0) is 0 Å². The Morgan fingerprint density at radius 3 is 0.974 bits per heavy atom. The standard InChI is InChI=1S/2C8H16O2.4C4H9.O.2Sn/c2*1-2-3-4-5-6-7-8(9)10;4*1-3-4-2;;;/h2*2-7H2,1H3,(H,9,10);4*1,3-4H2,2H3;;;/q;;;;;;;2*+1/p-2. The van der Waals surface area contributed by atoms with E-state index >= 15 is 0 Å². The van der Waals surface area contributed by atoms with Gasteiger partial charge in [0.2, 0.25) is 0 Å². The van der Waals surface area contributed by atoms with E-state index in [1.165, 1.54) is 38.5 Å². The molecular formula is C32H66O5Sn2. The topological polar surface area (TPSA) is 61.8 Å². The molecule has 0 rings (SSSR count). The van der Waals surface area contributed by atoms with Crippen molar-refractivity contribution in [1.82, 2.24) is 0 Å². The first-order valence-corrected chi connectivity index (χ1v) is 29.7. The van der Waals surface area contributed by atoms with E-state index in [0.717, 1.165) is 94.8 Å². The molecular weight excluding hydrogens is 702 g/mol. The molecule has 7 heteroatoms. The average Bonchev–Trinajstić information content (AvgIpc) is 2.92. The molecule has 0 saturated carbocycles. The van der Waals surface area contributed by atoms with Crippen molar-refractivity contribution >= 4 is 50.3 Å². The van der Waals surface area contributed by atoms with Gasteiger partial charge in [0.25, 0.3) is 0 Å². The third kappa shape index (κ3) is 20.1. The molecule has 0 spiro atoms. The van der Waals surface area contributed by atoms with Crippen LogP contribution in [0, 0.1) is 0 Å². The van der Waals surface area contributed by atoms with E-state index in [4.69, 9.17) is 7.56 Å². The zero-order valence-electron chi connectivity index (χ0n) is 27.0. The van der Waals surface area contributed by atoms with Gasteiger partial charge in [-0.1, -0.05) is 0 Å². The van der Waals surface area contributed by atoms with Crippen molar-refractivity contribution in [3.8, 4) is 0 Å². The Labute approximate surface area is 253 Å². The molecule has 0 aliphatic carbocycles. The van der Waals surface area contributed by atoms with Gasteiger partial charge in [-0.25, -0.2) is 0 Å². The molecule has 0 aliphatic rings. The Bertz CT molecular complexity index is 533. The third-order valence-corrected chi connectivity index (χ3v) is 40.1. The normalized spacial score (nSPS) is 12.1. The summed E-state index contributed by atoms with van der Waals surface area (Å²) in [5.41, 5.74) is 0. The van der Waals surface area contributed by atoms with Gasteiger partial charge in [0.1, 0.15) is 0 Å². The first kappa shape index (κ1) is 39.5. The predicted octanol–water partition coefficient (Wildman–Crippen LogP) is 10.9. The van der Waals surface area contributed by atoms with E-state index in [1.54, 1.807) is 0 Å². The quantitative estimate of drug-likeness (QED) is 0.0586. The Hall–Kier alpha value is 0.497. The minimum absolute atomic E-state index is 0.0528. The molecule has 0 aromatic rings. The van der Waals surface area contributed by atoms with Crippen LogP contribution in [0.5, 0.6) is 0 Å². The molecule has 5 nitrogen and oxygen atoms in total. The summed E-state index contributed by atoms with van der Waals surface area (Å²) in [4.78, 5) is 26.5. The number of carbonyl (C=O) groups is 2. The van der Waals surface area contributed by atoms with E-state index in [1.807, 2.05) is 0 Å². The van der Waals surface area contributed by atoms with E-state index in [9.17, 15) is 9.59 Å². The Balaban J connectivity index is 5.94. The second kappa shape index (κ2) is 26.1. The van der Waals surface area contributed by atoms with Gasteiger partial charge in [-0.3, -0.25) is 0 Å². The van der Waals surface area contributed by atoms with Crippen LogP contribution in [0.2, 0.25) is 17.7 Å². The second-order valence-corrected chi connectivity index (χ2v) is 33.4. The molecule has 0 aliphatic heterocycles. The molecule has 232 valence electrons. The summed E-state index contributed by atoms with van der Waals surface area (Å²) in [5.74, 6) is -0.106. The van der Waals surface area contributed by atoms with Gasteiger partial charge >= 0.3 is 255 Å². The fraction of sp³-hybridized carbons (Fsp3) is 0.938. The van der Waals surface area contributed by atoms with E-state index in [2.05, 4.69) is 41.5 Å². The Morgan fingerprint density at radius 1 is 0.410 bits per heavy atom. The SMILES string of the molecule is CCCCCCCC(=O)[O][Sn]([CH2]CCC)([CH2]CCC)[O][Sn]([CH2]CCC)([CH2]CCC)[O]C(=O)CCCCCCC. The van der Waals surface area contributed by atoms with Crippen LogP contribution in [0.1, 0.15) is 170 Å². The zero-order valence-corrected chi connectivity index (χ0v) is 32.7. The average molecular weight is 768 g/mol. The first-order chi connectivity index (χ1) is 18.9. The molecule has 0 aromatic carbocycles. The van der Waals surface area contributed by atoms with Crippen LogP contribution in [0.25, 0.3) is 0 Å². The van der Waals surface area contributed by atoms with Crippen molar-refractivity contribution in [3.05, 3.63) is 0 Å². The summed E-state index contributed by atoms with van der Waals surface area (Å²) in [6.45, 7) is 13.2. The van der Waals surface area contributed by atoms with Crippen LogP contribution in [-0.2, 0) is 17.1 Å². The van der Waals surface area contributed by atoms with E-state index in [-0.39, 0.29) is 11.9 Å². The van der Waals surface area contributed by atoms with Crippen LogP contribution in [0.3, 0.4) is 0 Å². The number of unbranched alkanes of at least 4 members (excludes halogenated alkanes) is 12. The molecule has 0 amide bonds. The molecule has 0 atom stereocenters. The van der Waals surface area contributed by atoms with Gasteiger partial charge in [-0.2, -0.15) is 0 Å². The second-order valence-electron chi connectivity index (χ2n) is 11.6. The van der Waals surface area contributed by atoms with Gasteiger partial charge in [-0.15, -0.1) is 0 Å². The molecule has 0 saturated heterocycles. The van der Waals surface area contributed by atoms with Crippen LogP contribution >= 0.6 is 0 Å². The van der Waals surface area contributed by atoms with Gasteiger partial charge in [0.05, 0.1) is 0 Å². The summed E-state index contributed by atoms with van der Waals surface area (Å²) < 4.78 is 24.2. The molecule has 0 heterocycles. The maximum atomic E-state index is 13.2. The Morgan fingerprint density at radius 2 is 0.692 bits per heavy atom. The van der Waals surface area contributed by atoms with Crippen molar-refractivity contribution in [3.63, 3.8) is 0 Å². The van der Waals surface area contributed by atoms with Gasteiger partial charge in [0, 0.05) is 0 Å². The summed E-state index contributed by atoms with van der Waals surface area (Å²) in [6, 6.07) is 0. The molecule has 0 N–H and O–H groups in total. The van der Waals surface area contributed by atoms with Crippen LogP contribution in [0.15, 0.2) is 0 Å². The fourth-order valence-corrected chi connectivity index (χ4v) is 46.5. The third-order valence-electron chi connectivity index (χ3n) is 7.59. The molecule has 0 radical (unpaired) electrons. The molecule has 0 aromatic heterocycles. The molecule has 39 heavy (non-hydrogen) atoms. The zero-order chi connectivity index (χ0) is 29.2. The van der Waals surface area contributed by atoms with Crippen molar-refractivity contribution in [2.75, 3.05) is 0 Å². The van der Waals surface area contributed by atoms with E-state index < -0.39 is 38.4 Å².